The number of Topliss-reactive ketones (excluding diaryl/α,β-unsaturated/α-hetero) is 1. The number of benzene rings is 2. The summed E-state index contributed by atoms with van der Waals surface area (Å²) in [6.45, 7) is 3.03. The van der Waals surface area contributed by atoms with Crippen LogP contribution >= 0.6 is 0 Å². The van der Waals surface area contributed by atoms with E-state index >= 15 is 0 Å². The van der Waals surface area contributed by atoms with Crippen LogP contribution in [0.4, 0.5) is 8.78 Å². The van der Waals surface area contributed by atoms with Crippen LogP contribution in [0.25, 0.3) is 0 Å². The van der Waals surface area contributed by atoms with Crippen LogP contribution in [0.1, 0.15) is 58.9 Å². The lowest BCUT2D eigenvalue weighted by molar-refractivity contribution is 0.0793. The molecule has 0 heterocycles. The highest BCUT2D eigenvalue weighted by molar-refractivity contribution is 6.06. The Balaban J connectivity index is 1.78. The van der Waals surface area contributed by atoms with E-state index in [0.717, 1.165) is 12.1 Å². The summed E-state index contributed by atoms with van der Waals surface area (Å²) in [6, 6.07) is 10.5. The van der Waals surface area contributed by atoms with E-state index in [1.165, 1.54) is 38.3 Å². The van der Waals surface area contributed by atoms with E-state index in [1.54, 1.807) is 12.1 Å². The number of amides is 1. The second-order valence-electron chi connectivity index (χ2n) is 6.90. The molecule has 1 fully saturated rings. The Kier molecular flexibility index (Phi) is 4.41. The van der Waals surface area contributed by atoms with E-state index in [1.807, 2.05) is 12.1 Å². The molecule has 3 nitrogen and oxygen atoms in total. The first-order valence-electron chi connectivity index (χ1n) is 8.21. The topological polar surface area (TPSA) is 46.2 Å². The monoisotopic (exact) mass is 343 g/mol. The van der Waals surface area contributed by atoms with E-state index in [9.17, 15) is 18.4 Å². The van der Waals surface area contributed by atoms with Crippen LogP contribution in [0.15, 0.2) is 42.5 Å². The first-order valence-corrected chi connectivity index (χ1v) is 8.21. The summed E-state index contributed by atoms with van der Waals surface area (Å²) in [7, 11) is 0. The summed E-state index contributed by atoms with van der Waals surface area (Å²) < 4.78 is 27.5. The van der Waals surface area contributed by atoms with Crippen molar-refractivity contribution in [1.82, 2.24) is 5.32 Å². The third-order valence-corrected chi connectivity index (χ3v) is 4.41. The summed E-state index contributed by atoms with van der Waals surface area (Å²) in [5.74, 6) is -2.62. The number of halogens is 2. The lowest BCUT2D eigenvalue weighted by atomic mass is 9.92. The van der Waals surface area contributed by atoms with Gasteiger partial charge in [-0.15, -0.1) is 0 Å². The fourth-order valence-electron chi connectivity index (χ4n) is 2.80. The average molecular weight is 343 g/mol. The van der Waals surface area contributed by atoms with Crippen molar-refractivity contribution in [2.45, 2.75) is 38.1 Å². The summed E-state index contributed by atoms with van der Waals surface area (Å²) in [5.41, 5.74) is -0.338. The van der Waals surface area contributed by atoms with Gasteiger partial charge in [-0.3, -0.25) is 9.59 Å². The van der Waals surface area contributed by atoms with Crippen molar-refractivity contribution in [1.29, 1.82) is 0 Å². The molecule has 0 saturated heterocycles. The molecule has 25 heavy (non-hydrogen) atoms. The Hall–Kier alpha value is -2.56. The van der Waals surface area contributed by atoms with Crippen LogP contribution in [0, 0.1) is 11.6 Å². The maximum Gasteiger partial charge on any atom is 0.258 e. The second-order valence-corrected chi connectivity index (χ2v) is 6.90. The Morgan fingerprint density at radius 2 is 1.56 bits per heavy atom. The van der Waals surface area contributed by atoms with Crippen LogP contribution in [-0.4, -0.2) is 17.2 Å². The highest BCUT2D eigenvalue weighted by Crippen LogP contribution is 2.40. The fraction of sp³-hybridized carbons (Fsp3) is 0.300. The molecule has 3 rings (SSSR count). The Morgan fingerprint density at radius 1 is 1.00 bits per heavy atom. The molecule has 0 bridgehead atoms. The van der Waals surface area contributed by atoms with Crippen LogP contribution < -0.4 is 5.32 Å². The number of hydrogen-bond acceptors (Lipinski definition) is 2. The smallest absolute Gasteiger partial charge is 0.258 e. The molecule has 130 valence electrons. The Bertz CT molecular complexity index is 804. The molecule has 2 aromatic carbocycles. The number of hydrogen-bond donors (Lipinski definition) is 1. The van der Waals surface area contributed by atoms with Crippen molar-refractivity contribution in [3.05, 3.63) is 70.8 Å². The van der Waals surface area contributed by atoms with E-state index in [0.29, 0.717) is 11.5 Å². The zero-order chi connectivity index (χ0) is 18.2. The van der Waals surface area contributed by atoms with Gasteiger partial charge in [0.2, 0.25) is 0 Å². The number of rotatable bonds is 5. The molecular formula is C20H19F2NO2. The molecule has 1 amide bonds. The average Bonchev–Trinajstić information content (AvgIpc) is 3.38. The van der Waals surface area contributed by atoms with Crippen LogP contribution in [0.2, 0.25) is 0 Å². The van der Waals surface area contributed by atoms with Gasteiger partial charge in [0, 0.05) is 5.56 Å². The molecule has 1 N–H and O–H groups in total. The highest BCUT2D eigenvalue weighted by atomic mass is 19.1. The normalized spacial score (nSPS) is 14.2. The quantitative estimate of drug-likeness (QED) is 0.826. The molecule has 1 aliphatic rings. The molecule has 0 aliphatic heterocycles. The highest BCUT2D eigenvalue weighted by Gasteiger charge is 2.32. The minimum atomic E-state index is -1.30. The summed E-state index contributed by atoms with van der Waals surface area (Å²) in [6.07, 6.45) is 2.34. The van der Waals surface area contributed by atoms with E-state index in [4.69, 9.17) is 0 Å². The number of carbonyl (C=O) groups excluding carboxylic acids is 2. The molecule has 0 radical (unpaired) electrons. The molecule has 0 aromatic heterocycles. The zero-order valence-electron chi connectivity index (χ0n) is 14.1. The van der Waals surface area contributed by atoms with Crippen molar-refractivity contribution >= 4 is 11.7 Å². The zero-order valence-corrected chi connectivity index (χ0v) is 14.1. The SMILES string of the molecule is CC(C)(NC(=O)c1c(F)cccc1F)C(=O)c1ccc(C2CC2)cc1. The molecule has 2 aromatic rings. The summed E-state index contributed by atoms with van der Waals surface area (Å²) in [5, 5.41) is 2.43. The summed E-state index contributed by atoms with van der Waals surface area (Å²) in [4.78, 5) is 24.9. The van der Waals surface area contributed by atoms with E-state index in [-0.39, 0.29) is 5.78 Å². The predicted octanol–water partition coefficient (Wildman–Crippen LogP) is 4.23. The molecule has 5 heteroatoms. The van der Waals surface area contributed by atoms with Gasteiger partial charge in [0.1, 0.15) is 17.2 Å². The number of ketones is 1. The minimum Gasteiger partial charge on any atom is -0.340 e. The number of carbonyl (C=O) groups is 2. The largest absolute Gasteiger partial charge is 0.340 e. The lowest BCUT2D eigenvalue weighted by Gasteiger charge is -2.25. The maximum absolute atomic E-state index is 13.7. The third kappa shape index (κ3) is 3.60. The van der Waals surface area contributed by atoms with Crippen LogP contribution in [0.3, 0.4) is 0 Å². The Labute approximate surface area is 145 Å². The first-order chi connectivity index (χ1) is 11.8. The van der Waals surface area contributed by atoms with Crippen molar-refractivity contribution in [3.63, 3.8) is 0 Å². The van der Waals surface area contributed by atoms with Gasteiger partial charge in [0.25, 0.3) is 5.91 Å². The van der Waals surface area contributed by atoms with Gasteiger partial charge in [0.05, 0.1) is 5.54 Å². The Morgan fingerprint density at radius 3 is 2.08 bits per heavy atom. The van der Waals surface area contributed by atoms with E-state index < -0.39 is 28.6 Å². The van der Waals surface area contributed by atoms with Gasteiger partial charge < -0.3 is 5.32 Å². The van der Waals surface area contributed by atoms with Gasteiger partial charge in [0.15, 0.2) is 5.78 Å². The van der Waals surface area contributed by atoms with Gasteiger partial charge in [-0.25, -0.2) is 8.78 Å². The van der Waals surface area contributed by atoms with Gasteiger partial charge in [-0.05, 0) is 50.3 Å². The molecule has 0 spiro atoms. The maximum atomic E-state index is 13.7. The molecule has 0 unspecified atom stereocenters. The first kappa shape index (κ1) is 17.3. The summed E-state index contributed by atoms with van der Waals surface area (Å²) >= 11 is 0. The van der Waals surface area contributed by atoms with Crippen molar-refractivity contribution < 1.29 is 18.4 Å². The van der Waals surface area contributed by atoms with Crippen molar-refractivity contribution in [2.24, 2.45) is 0 Å². The van der Waals surface area contributed by atoms with Gasteiger partial charge in [-0.1, -0.05) is 30.3 Å². The lowest BCUT2D eigenvalue weighted by Crippen LogP contribution is -2.50. The third-order valence-electron chi connectivity index (χ3n) is 4.41. The number of nitrogens with one attached hydrogen (secondary N) is 1. The van der Waals surface area contributed by atoms with Gasteiger partial charge in [-0.2, -0.15) is 0 Å². The standard InChI is InChI=1S/C20H19F2NO2/c1-20(2,23-19(25)17-15(21)4-3-5-16(17)22)18(24)14-10-8-13(9-11-14)12-6-7-12/h3-5,8-12H,6-7H2,1-2H3,(H,23,25). The van der Waals surface area contributed by atoms with Crippen molar-refractivity contribution in [2.75, 3.05) is 0 Å². The molecular weight excluding hydrogens is 324 g/mol. The minimum absolute atomic E-state index is 0.319. The molecule has 1 aliphatic carbocycles. The predicted molar refractivity (Wildman–Crippen MR) is 90.7 cm³/mol. The fourth-order valence-corrected chi connectivity index (χ4v) is 2.80. The van der Waals surface area contributed by atoms with Gasteiger partial charge >= 0.3 is 0 Å². The molecule has 0 atom stereocenters. The molecule has 1 saturated carbocycles. The second kappa shape index (κ2) is 6.39. The van der Waals surface area contributed by atoms with Crippen LogP contribution in [0.5, 0.6) is 0 Å². The van der Waals surface area contributed by atoms with E-state index in [2.05, 4.69) is 5.32 Å². The van der Waals surface area contributed by atoms with Crippen molar-refractivity contribution in [3.8, 4) is 0 Å². The van der Waals surface area contributed by atoms with Crippen LogP contribution in [-0.2, 0) is 0 Å².